The molecule has 2 aromatic carbocycles. The Morgan fingerprint density at radius 2 is 1.88 bits per heavy atom. The van der Waals surface area contributed by atoms with Crippen LogP contribution in [0.3, 0.4) is 0 Å². The molecular weight excluding hydrogens is 310 g/mol. The van der Waals surface area contributed by atoms with Gasteiger partial charge in [0.25, 0.3) is 0 Å². The zero-order valence-corrected chi connectivity index (χ0v) is 15.6. The van der Waals surface area contributed by atoms with Crippen molar-refractivity contribution in [2.45, 2.75) is 33.1 Å². The highest BCUT2D eigenvalue weighted by Crippen LogP contribution is 2.41. The molecule has 2 aromatic rings. The third-order valence-electron chi connectivity index (χ3n) is 4.59. The van der Waals surface area contributed by atoms with Crippen molar-refractivity contribution in [2.75, 3.05) is 18.7 Å². The largest absolute Gasteiger partial charge is 0.494 e. The smallest absolute Gasteiger partial charge is 0.119 e. The lowest BCUT2D eigenvalue weighted by molar-refractivity contribution is 0.339. The van der Waals surface area contributed by atoms with E-state index in [4.69, 9.17) is 9.73 Å². The Morgan fingerprint density at radius 3 is 2.56 bits per heavy atom. The van der Waals surface area contributed by atoms with Crippen LogP contribution in [0, 0.1) is 6.92 Å². The van der Waals surface area contributed by atoms with Crippen LogP contribution in [0.2, 0.25) is 0 Å². The first-order chi connectivity index (χ1) is 11.9. The molecule has 4 heteroatoms. The molecule has 0 saturated carbocycles. The van der Waals surface area contributed by atoms with Crippen molar-refractivity contribution in [3.05, 3.63) is 53.6 Å². The van der Waals surface area contributed by atoms with Gasteiger partial charge in [0.15, 0.2) is 0 Å². The second kappa shape index (κ2) is 6.71. The Hall–Kier alpha value is -2.62. The van der Waals surface area contributed by atoms with Crippen molar-refractivity contribution in [3.8, 4) is 5.75 Å². The maximum absolute atomic E-state index is 5.63. The molecule has 1 aliphatic rings. The fraction of sp³-hybridized carbons (Fsp3) is 0.333. The van der Waals surface area contributed by atoms with Crippen LogP contribution < -0.4 is 9.75 Å². The number of rotatable bonds is 5. The zero-order valence-electron chi connectivity index (χ0n) is 15.6. The minimum atomic E-state index is -0.194. The molecule has 4 nitrogen and oxygen atoms in total. The molecule has 0 radical (unpaired) electrons. The molecule has 3 rings (SSSR count). The van der Waals surface area contributed by atoms with E-state index in [0.717, 1.165) is 22.8 Å². The van der Waals surface area contributed by atoms with Gasteiger partial charge < -0.3 is 4.74 Å². The Balaban J connectivity index is 1.82. The summed E-state index contributed by atoms with van der Waals surface area (Å²) in [6.07, 6.45) is 1.86. The van der Waals surface area contributed by atoms with Crippen LogP contribution in [0.15, 0.2) is 52.6 Å². The summed E-state index contributed by atoms with van der Waals surface area (Å²) in [6, 6.07) is 14.4. The van der Waals surface area contributed by atoms with Gasteiger partial charge in [-0.1, -0.05) is 31.5 Å². The molecule has 0 aromatic heterocycles. The first-order valence-electron chi connectivity index (χ1n) is 8.62. The van der Waals surface area contributed by atoms with Gasteiger partial charge in [0.1, 0.15) is 5.75 Å². The highest BCUT2D eigenvalue weighted by molar-refractivity contribution is 6.36. The number of aliphatic imine (C=N–C) groups is 1. The standard InChI is InChI=1S/C21H25N3O/c1-6-25-17-11-12-19-18(13-17)21(3,4)20(23-19)14-22-24(5)16-9-7-15(2)8-10-16/h7-14H,6H2,1-5H3. The number of fused-ring (bicyclic) bond motifs is 1. The minimum absolute atomic E-state index is 0.194. The van der Waals surface area contributed by atoms with Gasteiger partial charge in [0, 0.05) is 12.5 Å². The highest BCUT2D eigenvalue weighted by Gasteiger charge is 2.34. The molecule has 130 valence electrons. The molecule has 1 aliphatic heterocycles. The summed E-state index contributed by atoms with van der Waals surface area (Å²) in [6.45, 7) is 9.08. The van der Waals surface area contributed by atoms with Crippen molar-refractivity contribution < 1.29 is 4.74 Å². The summed E-state index contributed by atoms with van der Waals surface area (Å²) >= 11 is 0. The van der Waals surface area contributed by atoms with E-state index in [1.807, 2.05) is 37.3 Å². The molecule has 0 N–H and O–H groups in total. The number of benzene rings is 2. The Kier molecular flexibility index (Phi) is 4.62. The Labute approximate surface area is 149 Å². The predicted octanol–water partition coefficient (Wildman–Crippen LogP) is 4.88. The van der Waals surface area contributed by atoms with Crippen LogP contribution in [0.5, 0.6) is 5.75 Å². The molecule has 0 amide bonds. The van der Waals surface area contributed by atoms with Crippen LogP contribution in [0.1, 0.15) is 31.9 Å². The van der Waals surface area contributed by atoms with Crippen molar-refractivity contribution >= 4 is 23.3 Å². The van der Waals surface area contributed by atoms with Crippen molar-refractivity contribution in [1.29, 1.82) is 0 Å². The lowest BCUT2D eigenvalue weighted by Gasteiger charge is -2.21. The number of ether oxygens (including phenoxy) is 1. The van der Waals surface area contributed by atoms with Gasteiger partial charge in [-0.15, -0.1) is 0 Å². The highest BCUT2D eigenvalue weighted by atomic mass is 16.5. The number of hydrogen-bond donors (Lipinski definition) is 0. The zero-order chi connectivity index (χ0) is 18.0. The number of hydrazone groups is 1. The van der Waals surface area contributed by atoms with Crippen molar-refractivity contribution in [2.24, 2.45) is 10.1 Å². The van der Waals surface area contributed by atoms with Gasteiger partial charge in [0.2, 0.25) is 0 Å². The molecule has 0 unspecified atom stereocenters. The number of anilines is 1. The van der Waals surface area contributed by atoms with Crippen molar-refractivity contribution in [1.82, 2.24) is 0 Å². The van der Waals surface area contributed by atoms with Crippen LogP contribution in [-0.4, -0.2) is 25.6 Å². The molecule has 0 saturated heterocycles. The molecule has 25 heavy (non-hydrogen) atoms. The third kappa shape index (κ3) is 3.43. The third-order valence-corrected chi connectivity index (χ3v) is 4.59. The lowest BCUT2D eigenvalue weighted by atomic mass is 9.82. The minimum Gasteiger partial charge on any atom is -0.494 e. The van der Waals surface area contributed by atoms with Crippen LogP contribution in [0.25, 0.3) is 0 Å². The van der Waals surface area contributed by atoms with Gasteiger partial charge in [-0.2, -0.15) is 5.10 Å². The van der Waals surface area contributed by atoms with Crippen molar-refractivity contribution in [3.63, 3.8) is 0 Å². The maximum Gasteiger partial charge on any atom is 0.119 e. The van der Waals surface area contributed by atoms with Gasteiger partial charge >= 0.3 is 0 Å². The second-order valence-electron chi connectivity index (χ2n) is 6.84. The number of nitrogens with zero attached hydrogens (tertiary/aromatic N) is 3. The molecule has 0 atom stereocenters. The fourth-order valence-corrected chi connectivity index (χ4v) is 2.94. The average Bonchev–Trinajstić information content (AvgIpc) is 2.84. The van der Waals surface area contributed by atoms with Crippen LogP contribution in [-0.2, 0) is 5.41 Å². The SMILES string of the molecule is CCOc1ccc2c(c1)C(C)(C)C(C=NN(C)c1ccc(C)cc1)=N2. The fourth-order valence-electron chi connectivity index (χ4n) is 2.94. The Bertz CT molecular complexity index is 820. The molecule has 0 fully saturated rings. The summed E-state index contributed by atoms with van der Waals surface area (Å²) in [5.41, 5.74) is 5.22. The van der Waals surface area contributed by atoms with E-state index in [2.05, 4.69) is 56.2 Å². The van der Waals surface area contributed by atoms with E-state index >= 15 is 0 Å². The van der Waals surface area contributed by atoms with Crippen LogP contribution >= 0.6 is 0 Å². The summed E-state index contributed by atoms with van der Waals surface area (Å²) in [5.74, 6) is 0.888. The van der Waals surface area contributed by atoms with E-state index in [1.54, 1.807) is 0 Å². The molecule has 0 aliphatic carbocycles. The maximum atomic E-state index is 5.63. The van der Waals surface area contributed by atoms with Gasteiger partial charge in [-0.05, 0) is 49.7 Å². The quantitative estimate of drug-likeness (QED) is 0.577. The first kappa shape index (κ1) is 17.2. The lowest BCUT2D eigenvalue weighted by Crippen LogP contribution is -2.27. The van der Waals surface area contributed by atoms with E-state index in [0.29, 0.717) is 6.61 Å². The van der Waals surface area contributed by atoms with Gasteiger partial charge in [-0.25, -0.2) is 0 Å². The second-order valence-corrected chi connectivity index (χ2v) is 6.84. The molecule has 0 spiro atoms. The van der Waals surface area contributed by atoms with E-state index < -0.39 is 0 Å². The average molecular weight is 335 g/mol. The monoisotopic (exact) mass is 335 g/mol. The number of aryl methyl sites for hydroxylation is 1. The van der Waals surface area contributed by atoms with E-state index in [-0.39, 0.29) is 5.41 Å². The Morgan fingerprint density at radius 1 is 1.16 bits per heavy atom. The molecule has 1 heterocycles. The summed E-state index contributed by atoms with van der Waals surface area (Å²) in [7, 11) is 1.95. The van der Waals surface area contributed by atoms with Gasteiger partial charge in [-0.3, -0.25) is 10.0 Å². The first-order valence-corrected chi connectivity index (χ1v) is 8.62. The topological polar surface area (TPSA) is 37.2 Å². The van der Waals surface area contributed by atoms with Gasteiger partial charge in [0.05, 0.1) is 29.9 Å². The molecular formula is C21H25N3O. The predicted molar refractivity (Wildman–Crippen MR) is 106 cm³/mol. The summed E-state index contributed by atoms with van der Waals surface area (Å²) in [4.78, 5) is 4.77. The molecule has 0 bridgehead atoms. The van der Waals surface area contributed by atoms with Crippen LogP contribution in [0.4, 0.5) is 11.4 Å². The normalized spacial score (nSPS) is 15.2. The summed E-state index contributed by atoms with van der Waals surface area (Å²) < 4.78 is 5.63. The number of hydrogen-bond acceptors (Lipinski definition) is 4. The van der Waals surface area contributed by atoms with E-state index in [9.17, 15) is 0 Å². The van der Waals surface area contributed by atoms with E-state index in [1.165, 1.54) is 11.1 Å². The summed E-state index contributed by atoms with van der Waals surface area (Å²) in [5, 5.41) is 6.46.